The number of nitrogens with one attached hydrogen (secondary N) is 1. The summed E-state index contributed by atoms with van der Waals surface area (Å²) < 4.78 is 19.2. The summed E-state index contributed by atoms with van der Waals surface area (Å²) in [6.45, 7) is 2.83. The summed E-state index contributed by atoms with van der Waals surface area (Å²) in [4.78, 5) is 41.4. The number of ether oxygens (including phenoxy) is 1. The Hall–Kier alpha value is -4.34. The van der Waals surface area contributed by atoms with Crippen molar-refractivity contribution in [3.05, 3.63) is 93.0 Å². The Labute approximate surface area is 219 Å². The zero-order valence-corrected chi connectivity index (χ0v) is 21.3. The van der Waals surface area contributed by atoms with Crippen LogP contribution in [0.5, 0.6) is 5.75 Å². The summed E-state index contributed by atoms with van der Waals surface area (Å²) >= 11 is 0. The number of hydrogen-bond donors (Lipinski definition) is 1. The van der Waals surface area contributed by atoms with E-state index in [2.05, 4.69) is 10.3 Å². The Bertz CT molecular complexity index is 1340. The number of pyridine rings is 1. The van der Waals surface area contributed by atoms with Gasteiger partial charge in [-0.3, -0.25) is 19.7 Å². The molecule has 1 aliphatic heterocycles. The van der Waals surface area contributed by atoms with Crippen LogP contribution in [0.3, 0.4) is 0 Å². The highest BCUT2D eigenvalue weighted by Gasteiger charge is 2.24. The van der Waals surface area contributed by atoms with Crippen molar-refractivity contribution in [3.63, 3.8) is 0 Å². The van der Waals surface area contributed by atoms with Crippen molar-refractivity contribution in [2.45, 2.75) is 38.5 Å². The van der Waals surface area contributed by atoms with Crippen LogP contribution in [0.15, 0.2) is 54.7 Å². The van der Waals surface area contributed by atoms with Crippen LogP contribution in [0.25, 0.3) is 0 Å². The van der Waals surface area contributed by atoms with Crippen molar-refractivity contribution in [3.8, 4) is 5.75 Å². The van der Waals surface area contributed by atoms with Crippen LogP contribution < -0.4 is 10.1 Å². The maximum atomic E-state index is 14.2. The first kappa shape index (κ1) is 26.7. The van der Waals surface area contributed by atoms with Crippen LogP contribution in [0, 0.1) is 22.9 Å². The van der Waals surface area contributed by atoms with Gasteiger partial charge in [-0.25, -0.2) is 9.37 Å². The predicted octanol–water partition coefficient (Wildman–Crippen LogP) is 5.04. The van der Waals surface area contributed by atoms with Gasteiger partial charge in [0, 0.05) is 36.8 Å². The summed E-state index contributed by atoms with van der Waals surface area (Å²) in [5.41, 5.74) is 2.55. The van der Waals surface area contributed by atoms with E-state index in [1.807, 2.05) is 29.2 Å². The fourth-order valence-corrected chi connectivity index (χ4v) is 4.62. The molecule has 0 spiro atoms. The van der Waals surface area contributed by atoms with Gasteiger partial charge in [0.2, 0.25) is 5.91 Å². The number of hydrogen-bond acceptors (Lipinski definition) is 6. The summed E-state index contributed by atoms with van der Waals surface area (Å²) in [7, 11) is 1.48. The van der Waals surface area contributed by atoms with Crippen molar-refractivity contribution < 1.29 is 23.6 Å². The number of aromatic nitrogens is 1. The highest BCUT2D eigenvalue weighted by molar-refractivity contribution is 6.03. The largest absolute Gasteiger partial charge is 0.497 e. The van der Waals surface area contributed by atoms with Gasteiger partial charge in [-0.2, -0.15) is 0 Å². The monoisotopic (exact) mass is 520 g/mol. The lowest BCUT2D eigenvalue weighted by atomic mass is 9.89. The minimum Gasteiger partial charge on any atom is -0.497 e. The van der Waals surface area contributed by atoms with Gasteiger partial charge in [0.05, 0.1) is 12.0 Å². The zero-order valence-electron chi connectivity index (χ0n) is 21.3. The number of benzene rings is 2. The van der Waals surface area contributed by atoms with E-state index in [1.54, 1.807) is 19.1 Å². The fourth-order valence-electron chi connectivity index (χ4n) is 4.62. The molecule has 198 valence electrons. The number of piperidine rings is 1. The van der Waals surface area contributed by atoms with Crippen molar-refractivity contribution >= 4 is 23.2 Å². The molecule has 0 atom stereocenters. The molecule has 0 unspecified atom stereocenters. The molecule has 1 aliphatic rings. The molecule has 1 aromatic heterocycles. The second-order valence-electron chi connectivity index (χ2n) is 9.30. The van der Waals surface area contributed by atoms with Gasteiger partial charge in [-0.1, -0.05) is 18.2 Å². The molecule has 0 aliphatic carbocycles. The molecule has 0 saturated carbocycles. The normalized spacial score (nSPS) is 13.7. The highest BCUT2D eigenvalue weighted by Crippen LogP contribution is 2.29. The summed E-state index contributed by atoms with van der Waals surface area (Å²) in [5, 5.41) is 13.7. The topological polar surface area (TPSA) is 115 Å². The third-order valence-corrected chi connectivity index (χ3v) is 6.87. The molecule has 10 heteroatoms. The first-order chi connectivity index (χ1) is 18.2. The lowest BCUT2D eigenvalue weighted by molar-refractivity contribution is -0.385. The van der Waals surface area contributed by atoms with Gasteiger partial charge < -0.3 is 15.0 Å². The van der Waals surface area contributed by atoms with Crippen LogP contribution in [0.2, 0.25) is 0 Å². The maximum absolute atomic E-state index is 14.2. The average molecular weight is 521 g/mol. The van der Waals surface area contributed by atoms with Crippen LogP contribution >= 0.6 is 0 Å². The Kier molecular flexibility index (Phi) is 8.30. The van der Waals surface area contributed by atoms with Crippen molar-refractivity contribution in [2.24, 2.45) is 0 Å². The molecule has 1 saturated heterocycles. The summed E-state index contributed by atoms with van der Waals surface area (Å²) in [5.74, 6) is -0.0491. The molecular weight excluding hydrogens is 491 g/mol. The first-order valence-electron chi connectivity index (χ1n) is 12.4. The van der Waals surface area contributed by atoms with Crippen LogP contribution in [-0.2, 0) is 11.2 Å². The molecule has 38 heavy (non-hydrogen) atoms. The molecule has 1 fully saturated rings. The van der Waals surface area contributed by atoms with Gasteiger partial charge in [0.25, 0.3) is 11.6 Å². The molecule has 0 bridgehead atoms. The molecule has 0 radical (unpaired) electrons. The number of amides is 2. The molecule has 1 N–H and O–H groups in total. The molecule has 9 nitrogen and oxygen atoms in total. The maximum Gasteiger partial charge on any atom is 0.290 e. The molecule has 4 rings (SSSR count). The zero-order chi connectivity index (χ0) is 27.2. The fraction of sp³-hybridized carbons (Fsp3) is 0.321. The lowest BCUT2D eigenvalue weighted by Crippen LogP contribution is -2.38. The Morgan fingerprint density at radius 1 is 1.16 bits per heavy atom. The minimum absolute atomic E-state index is 0.0202. The van der Waals surface area contributed by atoms with E-state index >= 15 is 0 Å². The van der Waals surface area contributed by atoms with Gasteiger partial charge >= 0.3 is 0 Å². The summed E-state index contributed by atoms with van der Waals surface area (Å²) in [6.07, 6.45) is 3.32. The third kappa shape index (κ3) is 6.31. The predicted molar refractivity (Wildman–Crippen MR) is 140 cm³/mol. The first-order valence-corrected chi connectivity index (χ1v) is 12.4. The number of aryl methyl sites for hydroxylation is 2. The van der Waals surface area contributed by atoms with Gasteiger partial charge in [0.1, 0.15) is 23.5 Å². The van der Waals surface area contributed by atoms with Crippen molar-refractivity contribution in [1.82, 2.24) is 9.88 Å². The van der Waals surface area contributed by atoms with E-state index in [4.69, 9.17) is 4.74 Å². The Morgan fingerprint density at radius 2 is 1.87 bits per heavy atom. The number of carbonyl (C=O) groups excluding carboxylic acids is 2. The number of carbonyl (C=O) groups is 2. The van der Waals surface area contributed by atoms with Gasteiger partial charge in [-0.15, -0.1) is 0 Å². The molecule has 2 aromatic carbocycles. The van der Waals surface area contributed by atoms with E-state index < -0.39 is 10.8 Å². The van der Waals surface area contributed by atoms with E-state index in [0.717, 1.165) is 24.6 Å². The lowest BCUT2D eigenvalue weighted by Gasteiger charge is -2.32. The number of halogens is 1. The second-order valence-corrected chi connectivity index (χ2v) is 9.30. The molecule has 2 amide bonds. The SMILES string of the molecule is COc1ccc(CCC(=O)N2CCC(c3ccc(NC(=O)c4cc(C)c([N+](=O)[O-])cn4)cc3)CC2)c(F)c1. The molecule has 2 heterocycles. The number of likely N-dealkylation sites (tertiary alicyclic amines) is 1. The van der Waals surface area contributed by atoms with Crippen LogP contribution in [0.1, 0.15) is 52.4 Å². The number of rotatable bonds is 8. The number of nitro groups is 1. The second kappa shape index (κ2) is 11.8. The summed E-state index contributed by atoms with van der Waals surface area (Å²) in [6, 6.07) is 13.6. The van der Waals surface area contributed by atoms with Crippen molar-refractivity contribution in [1.29, 1.82) is 0 Å². The number of anilines is 1. The minimum atomic E-state index is -0.535. The number of methoxy groups -OCH3 is 1. The van der Waals surface area contributed by atoms with Gasteiger partial charge in [0.15, 0.2) is 0 Å². The quantitative estimate of drug-likeness (QED) is 0.329. The van der Waals surface area contributed by atoms with Gasteiger partial charge in [-0.05, 0) is 67.5 Å². The van der Waals surface area contributed by atoms with Crippen molar-refractivity contribution in [2.75, 3.05) is 25.5 Å². The van der Waals surface area contributed by atoms with E-state index in [0.29, 0.717) is 48.0 Å². The molecular formula is C28H29FN4O5. The van der Waals surface area contributed by atoms with E-state index in [-0.39, 0.29) is 29.5 Å². The van der Waals surface area contributed by atoms with E-state index in [1.165, 1.54) is 19.2 Å². The van der Waals surface area contributed by atoms with E-state index in [9.17, 15) is 24.1 Å². The molecule has 3 aromatic rings. The smallest absolute Gasteiger partial charge is 0.290 e. The standard InChI is InChI=1S/C28H29FN4O5/c1-18-15-25(30-17-26(18)33(36)37)28(35)31-22-7-3-19(4-8-22)20-11-13-32(14-12-20)27(34)10-6-21-5-9-23(38-2)16-24(21)29/h3-5,7-9,15-17,20H,6,10-14H2,1-2H3,(H,31,35). The average Bonchev–Trinajstić information content (AvgIpc) is 2.92. The Morgan fingerprint density at radius 3 is 2.47 bits per heavy atom. The number of nitrogens with zero attached hydrogens (tertiary/aromatic N) is 3. The van der Waals surface area contributed by atoms with Crippen LogP contribution in [0.4, 0.5) is 15.8 Å². The Balaban J connectivity index is 1.27. The highest BCUT2D eigenvalue weighted by atomic mass is 19.1. The third-order valence-electron chi connectivity index (χ3n) is 6.87. The van der Waals surface area contributed by atoms with Crippen LogP contribution in [-0.4, -0.2) is 46.8 Å².